The van der Waals surface area contributed by atoms with E-state index in [9.17, 15) is 18.3 Å². The van der Waals surface area contributed by atoms with E-state index in [1.54, 1.807) is 54.6 Å². The lowest BCUT2D eigenvalue weighted by Gasteiger charge is -2.21. The molecular weight excluding hydrogens is 418 g/mol. The number of rotatable bonds is 6. The standard InChI is InChI=1S/C21H17N5O4S/c27-19(24-25-20-16-10-4-5-11-17(16)23-21(20)28)14-26(18-12-6-7-13-22-18)31(29,30)15-8-2-1-3-9-15/h1-13,23,28H,14H2. The molecule has 0 aliphatic carbocycles. The van der Waals surface area contributed by atoms with E-state index in [0.717, 1.165) is 4.31 Å². The van der Waals surface area contributed by atoms with Crippen LogP contribution < -0.4 is 4.31 Å². The minimum Gasteiger partial charge on any atom is -0.493 e. The van der Waals surface area contributed by atoms with Gasteiger partial charge < -0.3 is 10.1 Å². The van der Waals surface area contributed by atoms with Crippen molar-refractivity contribution in [1.29, 1.82) is 0 Å². The van der Waals surface area contributed by atoms with E-state index in [4.69, 9.17) is 0 Å². The maximum absolute atomic E-state index is 13.1. The number of aromatic nitrogens is 2. The number of H-pyrrole nitrogens is 1. The first kappa shape index (κ1) is 20.2. The second-order valence-electron chi connectivity index (χ2n) is 6.47. The quantitative estimate of drug-likeness (QED) is 0.446. The molecule has 2 aromatic carbocycles. The lowest BCUT2D eigenvalue weighted by molar-refractivity contribution is -0.116. The number of benzene rings is 2. The van der Waals surface area contributed by atoms with Crippen LogP contribution in [0.2, 0.25) is 0 Å². The number of para-hydroxylation sites is 1. The summed E-state index contributed by atoms with van der Waals surface area (Å²) in [5.41, 5.74) is 0.724. The van der Waals surface area contributed by atoms with Crippen LogP contribution in [-0.4, -0.2) is 35.9 Å². The predicted molar refractivity (Wildman–Crippen MR) is 115 cm³/mol. The van der Waals surface area contributed by atoms with Crippen molar-refractivity contribution in [3.63, 3.8) is 0 Å². The Morgan fingerprint density at radius 1 is 1.00 bits per heavy atom. The summed E-state index contributed by atoms with van der Waals surface area (Å²) in [6.45, 7) is -0.610. The monoisotopic (exact) mass is 435 g/mol. The fourth-order valence-corrected chi connectivity index (χ4v) is 4.37. The number of aromatic hydroxyl groups is 1. The Balaban J connectivity index is 1.65. The highest BCUT2D eigenvalue weighted by atomic mass is 32.2. The first-order chi connectivity index (χ1) is 15.0. The van der Waals surface area contributed by atoms with Gasteiger partial charge in [0, 0.05) is 11.6 Å². The lowest BCUT2D eigenvalue weighted by Crippen LogP contribution is -2.35. The summed E-state index contributed by atoms with van der Waals surface area (Å²) >= 11 is 0. The Hall–Kier alpha value is -4.05. The van der Waals surface area contributed by atoms with Crippen molar-refractivity contribution < 1.29 is 18.3 Å². The normalized spacial score (nSPS) is 11.7. The maximum Gasteiger partial charge on any atom is 0.285 e. The van der Waals surface area contributed by atoms with E-state index >= 15 is 0 Å². The van der Waals surface area contributed by atoms with Crippen molar-refractivity contribution in [2.45, 2.75) is 4.90 Å². The highest BCUT2D eigenvalue weighted by Crippen LogP contribution is 2.35. The number of carbonyl (C=O) groups excluding carboxylic acids is 1. The number of anilines is 1. The van der Waals surface area contributed by atoms with Gasteiger partial charge in [-0.3, -0.25) is 4.79 Å². The van der Waals surface area contributed by atoms with Crippen molar-refractivity contribution in [3.05, 3.63) is 79.0 Å². The third-order valence-electron chi connectivity index (χ3n) is 4.44. The average molecular weight is 435 g/mol. The van der Waals surface area contributed by atoms with Crippen LogP contribution in [0.1, 0.15) is 0 Å². The van der Waals surface area contributed by atoms with Gasteiger partial charge in [-0.05, 0) is 30.3 Å². The van der Waals surface area contributed by atoms with Crippen molar-refractivity contribution in [3.8, 4) is 5.88 Å². The maximum atomic E-state index is 13.1. The number of sulfonamides is 1. The van der Waals surface area contributed by atoms with Crippen molar-refractivity contribution in [2.75, 3.05) is 10.8 Å². The molecule has 1 amide bonds. The molecule has 9 nitrogen and oxygen atoms in total. The van der Waals surface area contributed by atoms with E-state index < -0.39 is 22.5 Å². The molecule has 2 N–H and O–H groups in total. The molecule has 0 spiro atoms. The second-order valence-corrected chi connectivity index (χ2v) is 8.34. The van der Waals surface area contributed by atoms with Crippen LogP contribution in [0.25, 0.3) is 10.9 Å². The molecule has 0 aliphatic heterocycles. The van der Waals surface area contributed by atoms with Gasteiger partial charge in [0.2, 0.25) is 5.88 Å². The molecule has 2 heterocycles. The number of aromatic amines is 1. The van der Waals surface area contributed by atoms with Crippen molar-refractivity contribution >= 4 is 38.3 Å². The Labute approximate surface area is 177 Å². The number of nitrogens with one attached hydrogen (secondary N) is 1. The zero-order valence-electron chi connectivity index (χ0n) is 16.1. The minimum absolute atomic E-state index is 0.0136. The van der Waals surface area contributed by atoms with E-state index in [0.29, 0.717) is 10.9 Å². The highest BCUT2D eigenvalue weighted by Gasteiger charge is 2.28. The van der Waals surface area contributed by atoms with E-state index in [-0.39, 0.29) is 22.3 Å². The van der Waals surface area contributed by atoms with Gasteiger partial charge in [-0.15, -0.1) is 10.2 Å². The molecule has 0 bridgehead atoms. The fourth-order valence-electron chi connectivity index (χ4n) is 2.98. The van der Waals surface area contributed by atoms with E-state index in [1.165, 1.54) is 24.4 Å². The largest absolute Gasteiger partial charge is 0.493 e. The SMILES string of the molecule is O=C(CN(c1ccccn1)S(=O)(=O)c1ccccc1)N=Nc1c(O)[nH]c2ccccc12. The Morgan fingerprint density at radius 2 is 1.71 bits per heavy atom. The van der Waals surface area contributed by atoms with Crippen LogP contribution in [0, 0.1) is 0 Å². The number of fused-ring (bicyclic) bond motifs is 1. The summed E-state index contributed by atoms with van der Waals surface area (Å²) in [7, 11) is -4.07. The van der Waals surface area contributed by atoms with Gasteiger partial charge in [0.15, 0.2) is 5.69 Å². The minimum atomic E-state index is -4.07. The average Bonchev–Trinajstić information content (AvgIpc) is 3.12. The van der Waals surface area contributed by atoms with Crippen LogP contribution >= 0.6 is 0 Å². The first-order valence-corrected chi connectivity index (χ1v) is 10.6. The van der Waals surface area contributed by atoms with Crippen LogP contribution in [0.4, 0.5) is 11.5 Å². The summed E-state index contributed by atoms with van der Waals surface area (Å²) < 4.78 is 27.2. The molecule has 0 aliphatic rings. The van der Waals surface area contributed by atoms with Gasteiger partial charge in [-0.25, -0.2) is 17.7 Å². The van der Waals surface area contributed by atoms with Crippen LogP contribution in [0.5, 0.6) is 5.88 Å². The number of azo groups is 1. The van der Waals surface area contributed by atoms with Crippen LogP contribution in [0.15, 0.2) is 94.1 Å². The second kappa shape index (κ2) is 8.36. The van der Waals surface area contributed by atoms with E-state index in [2.05, 4.69) is 20.2 Å². The zero-order valence-corrected chi connectivity index (χ0v) is 16.9. The molecule has 2 aromatic heterocycles. The molecule has 10 heteroatoms. The molecule has 31 heavy (non-hydrogen) atoms. The van der Waals surface area contributed by atoms with Crippen molar-refractivity contribution in [1.82, 2.24) is 9.97 Å². The van der Waals surface area contributed by atoms with E-state index in [1.807, 2.05) is 0 Å². The Morgan fingerprint density at radius 3 is 2.45 bits per heavy atom. The van der Waals surface area contributed by atoms with Crippen molar-refractivity contribution in [2.24, 2.45) is 10.2 Å². The van der Waals surface area contributed by atoms with Crippen LogP contribution in [0.3, 0.4) is 0 Å². The molecule has 0 fully saturated rings. The smallest absolute Gasteiger partial charge is 0.285 e. The number of hydrogen-bond acceptors (Lipinski definition) is 6. The molecule has 0 saturated heterocycles. The third kappa shape index (κ3) is 4.14. The van der Waals surface area contributed by atoms with Crippen LogP contribution in [-0.2, 0) is 14.8 Å². The number of hydrogen-bond donors (Lipinski definition) is 2. The Kier molecular flexibility index (Phi) is 5.46. The number of nitrogens with zero attached hydrogens (tertiary/aromatic N) is 4. The molecule has 156 valence electrons. The van der Waals surface area contributed by atoms with Gasteiger partial charge in [-0.1, -0.05) is 42.5 Å². The molecular formula is C21H17N5O4S. The van der Waals surface area contributed by atoms with Gasteiger partial charge in [0.1, 0.15) is 12.4 Å². The van der Waals surface area contributed by atoms with Gasteiger partial charge in [0.25, 0.3) is 15.9 Å². The third-order valence-corrected chi connectivity index (χ3v) is 6.20. The molecule has 0 saturated carbocycles. The Bertz CT molecular complexity index is 1350. The fraction of sp³-hybridized carbons (Fsp3) is 0.0476. The van der Waals surface area contributed by atoms with Gasteiger partial charge >= 0.3 is 0 Å². The van der Waals surface area contributed by atoms with Gasteiger partial charge in [0.05, 0.1) is 10.4 Å². The predicted octanol–water partition coefficient (Wildman–Crippen LogP) is 3.77. The molecule has 0 unspecified atom stereocenters. The summed E-state index contributed by atoms with van der Waals surface area (Å²) in [6.07, 6.45) is 1.43. The first-order valence-electron chi connectivity index (χ1n) is 9.20. The number of amides is 1. The number of pyridine rings is 1. The molecule has 0 radical (unpaired) electrons. The summed E-state index contributed by atoms with van der Waals surface area (Å²) in [5.74, 6) is -0.990. The summed E-state index contributed by atoms with van der Waals surface area (Å²) in [4.78, 5) is 19.4. The zero-order chi connectivity index (χ0) is 21.8. The molecule has 4 aromatic rings. The topological polar surface area (TPSA) is 128 Å². The summed E-state index contributed by atoms with van der Waals surface area (Å²) in [5, 5.41) is 18.1. The highest BCUT2D eigenvalue weighted by molar-refractivity contribution is 7.92. The lowest BCUT2D eigenvalue weighted by atomic mass is 10.2. The molecule has 4 rings (SSSR count). The number of carbonyl (C=O) groups is 1. The van der Waals surface area contributed by atoms with Gasteiger partial charge in [-0.2, -0.15) is 0 Å². The molecule has 0 atom stereocenters. The summed E-state index contributed by atoms with van der Waals surface area (Å²) in [6, 6.07) is 19.5.